The van der Waals surface area contributed by atoms with Gasteiger partial charge in [-0.1, -0.05) is 0 Å². The molecule has 1 aromatic carbocycles. The highest BCUT2D eigenvalue weighted by Gasteiger charge is 2.32. The molecular weight excluding hydrogens is 218 g/mol. The molecular formula is C13H21NO3. The van der Waals surface area contributed by atoms with Gasteiger partial charge in [-0.3, -0.25) is 0 Å². The highest BCUT2D eigenvalue weighted by molar-refractivity contribution is 5.44. The third-order valence-electron chi connectivity index (χ3n) is 3.23. The van der Waals surface area contributed by atoms with Gasteiger partial charge in [0.05, 0.1) is 14.2 Å². The smallest absolute Gasteiger partial charge is 0.125 e. The number of nitrogens with one attached hydrogen (secondary N) is 1. The number of aliphatic hydroxyl groups is 1. The predicted molar refractivity (Wildman–Crippen MR) is 67.6 cm³/mol. The highest BCUT2D eigenvalue weighted by atomic mass is 16.5. The van der Waals surface area contributed by atoms with Gasteiger partial charge < -0.3 is 19.9 Å². The van der Waals surface area contributed by atoms with Crippen LogP contribution in [0.3, 0.4) is 0 Å². The van der Waals surface area contributed by atoms with Crippen LogP contribution in [0.25, 0.3) is 0 Å². The Morgan fingerprint density at radius 1 is 1.29 bits per heavy atom. The molecule has 0 aliphatic heterocycles. The summed E-state index contributed by atoms with van der Waals surface area (Å²) in [5.41, 5.74) is -0.324. The fraction of sp³-hybridized carbons (Fsp3) is 0.538. The summed E-state index contributed by atoms with van der Waals surface area (Å²) < 4.78 is 10.5. The molecule has 0 amide bonds. The summed E-state index contributed by atoms with van der Waals surface area (Å²) in [6.07, 6.45) is 0. The van der Waals surface area contributed by atoms with E-state index in [2.05, 4.69) is 5.32 Å². The first-order valence-electron chi connectivity index (χ1n) is 5.59. The highest BCUT2D eigenvalue weighted by Crippen LogP contribution is 2.35. The van der Waals surface area contributed by atoms with Crippen LogP contribution in [0, 0.1) is 0 Å². The number of hydrogen-bond acceptors (Lipinski definition) is 4. The van der Waals surface area contributed by atoms with E-state index in [-0.39, 0.29) is 6.04 Å². The Morgan fingerprint density at radius 3 is 2.41 bits per heavy atom. The van der Waals surface area contributed by atoms with E-state index in [9.17, 15) is 5.11 Å². The zero-order valence-electron chi connectivity index (χ0n) is 11.1. The molecule has 0 fully saturated rings. The zero-order valence-corrected chi connectivity index (χ0v) is 11.1. The minimum atomic E-state index is -1.03. The Morgan fingerprint density at radius 2 is 1.94 bits per heavy atom. The molecule has 4 heteroatoms. The van der Waals surface area contributed by atoms with Crippen molar-refractivity contribution in [2.24, 2.45) is 0 Å². The Hall–Kier alpha value is -1.26. The topological polar surface area (TPSA) is 50.7 Å². The molecule has 0 aliphatic carbocycles. The molecule has 2 unspecified atom stereocenters. The summed E-state index contributed by atoms with van der Waals surface area (Å²) in [5, 5.41) is 13.6. The molecule has 17 heavy (non-hydrogen) atoms. The molecule has 0 spiro atoms. The Bertz CT molecular complexity index is 377. The number of hydrogen-bond donors (Lipinski definition) is 2. The van der Waals surface area contributed by atoms with Gasteiger partial charge >= 0.3 is 0 Å². The monoisotopic (exact) mass is 239 g/mol. The Labute approximate surface area is 103 Å². The van der Waals surface area contributed by atoms with Crippen molar-refractivity contribution < 1.29 is 14.6 Å². The van der Waals surface area contributed by atoms with Gasteiger partial charge in [0, 0.05) is 11.6 Å². The fourth-order valence-corrected chi connectivity index (χ4v) is 1.72. The van der Waals surface area contributed by atoms with Crippen molar-refractivity contribution in [1.29, 1.82) is 0 Å². The van der Waals surface area contributed by atoms with Crippen molar-refractivity contribution in [3.63, 3.8) is 0 Å². The van der Waals surface area contributed by atoms with Crippen LogP contribution in [0.15, 0.2) is 18.2 Å². The summed E-state index contributed by atoms with van der Waals surface area (Å²) in [6.45, 7) is 3.67. The van der Waals surface area contributed by atoms with Crippen molar-refractivity contribution in [1.82, 2.24) is 5.32 Å². The molecule has 1 rings (SSSR count). The van der Waals surface area contributed by atoms with E-state index in [4.69, 9.17) is 9.47 Å². The van der Waals surface area contributed by atoms with Gasteiger partial charge in [0.15, 0.2) is 0 Å². The molecule has 4 nitrogen and oxygen atoms in total. The van der Waals surface area contributed by atoms with Crippen molar-refractivity contribution in [2.45, 2.75) is 25.5 Å². The van der Waals surface area contributed by atoms with Crippen molar-refractivity contribution in [3.8, 4) is 11.5 Å². The van der Waals surface area contributed by atoms with Gasteiger partial charge in [-0.2, -0.15) is 0 Å². The number of ether oxygens (including phenoxy) is 2. The van der Waals surface area contributed by atoms with E-state index >= 15 is 0 Å². The standard InChI is InChI=1S/C13H21NO3/c1-9(14-3)13(2,15)11-8-10(16-4)6-7-12(11)17-5/h6-9,14-15H,1-5H3. The molecule has 0 saturated carbocycles. The lowest BCUT2D eigenvalue weighted by Crippen LogP contribution is -2.43. The molecule has 0 radical (unpaired) electrons. The second-order valence-corrected chi connectivity index (χ2v) is 4.22. The van der Waals surface area contributed by atoms with E-state index in [0.717, 1.165) is 0 Å². The molecule has 0 aliphatic rings. The molecule has 0 heterocycles. The maximum Gasteiger partial charge on any atom is 0.125 e. The third-order valence-corrected chi connectivity index (χ3v) is 3.23. The predicted octanol–water partition coefficient (Wildman–Crippen LogP) is 1.52. The number of benzene rings is 1. The van der Waals surface area contributed by atoms with Gasteiger partial charge in [-0.25, -0.2) is 0 Å². The van der Waals surface area contributed by atoms with E-state index in [1.165, 1.54) is 0 Å². The van der Waals surface area contributed by atoms with Crippen molar-refractivity contribution in [2.75, 3.05) is 21.3 Å². The van der Waals surface area contributed by atoms with Crippen LogP contribution in [0.5, 0.6) is 11.5 Å². The van der Waals surface area contributed by atoms with Gasteiger partial charge in [0.2, 0.25) is 0 Å². The average molecular weight is 239 g/mol. The quantitative estimate of drug-likeness (QED) is 0.818. The molecule has 0 aromatic heterocycles. The Kier molecular flexibility index (Phi) is 4.37. The summed E-state index contributed by atoms with van der Waals surface area (Å²) in [5.74, 6) is 1.35. The first kappa shape index (κ1) is 13.8. The summed E-state index contributed by atoms with van der Waals surface area (Å²) in [7, 11) is 5.00. The van der Waals surface area contributed by atoms with Gasteiger partial charge in [-0.05, 0) is 39.1 Å². The van der Waals surface area contributed by atoms with Crippen LogP contribution in [0.2, 0.25) is 0 Å². The summed E-state index contributed by atoms with van der Waals surface area (Å²) in [6, 6.07) is 5.30. The molecule has 96 valence electrons. The minimum absolute atomic E-state index is 0.108. The lowest BCUT2D eigenvalue weighted by atomic mass is 9.88. The van der Waals surface area contributed by atoms with Crippen molar-refractivity contribution >= 4 is 0 Å². The Balaban J connectivity index is 3.26. The van der Waals surface area contributed by atoms with Crippen LogP contribution in [-0.4, -0.2) is 32.4 Å². The van der Waals surface area contributed by atoms with E-state index in [1.807, 2.05) is 20.0 Å². The van der Waals surface area contributed by atoms with Crippen LogP contribution < -0.4 is 14.8 Å². The SMILES string of the molecule is CNC(C)C(C)(O)c1cc(OC)ccc1OC. The molecule has 2 atom stereocenters. The van der Waals surface area contributed by atoms with E-state index in [1.54, 1.807) is 33.3 Å². The van der Waals surface area contributed by atoms with Crippen LogP contribution >= 0.6 is 0 Å². The fourth-order valence-electron chi connectivity index (χ4n) is 1.72. The minimum Gasteiger partial charge on any atom is -0.497 e. The van der Waals surface area contributed by atoms with Crippen LogP contribution in [-0.2, 0) is 5.60 Å². The normalized spacial score (nSPS) is 16.1. The lowest BCUT2D eigenvalue weighted by molar-refractivity contribution is 0.0218. The first-order chi connectivity index (χ1) is 7.97. The van der Waals surface area contributed by atoms with Gasteiger partial charge in [-0.15, -0.1) is 0 Å². The summed E-state index contributed by atoms with van der Waals surface area (Å²) >= 11 is 0. The average Bonchev–Trinajstić information content (AvgIpc) is 2.36. The second kappa shape index (κ2) is 5.38. The van der Waals surface area contributed by atoms with E-state index in [0.29, 0.717) is 17.1 Å². The van der Waals surface area contributed by atoms with Crippen LogP contribution in [0.4, 0.5) is 0 Å². The maximum absolute atomic E-state index is 10.6. The van der Waals surface area contributed by atoms with Gasteiger partial charge in [0.25, 0.3) is 0 Å². The third kappa shape index (κ3) is 2.70. The van der Waals surface area contributed by atoms with Crippen molar-refractivity contribution in [3.05, 3.63) is 23.8 Å². The van der Waals surface area contributed by atoms with Gasteiger partial charge in [0.1, 0.15) is 17.1 Å². The molecule has 2 N–H and O–H groups in total. The second-order valence-electron chi connectivity index (χ2n) is 4.22. The first-order valence-corrected chi connectivity index (χ1v) is 5.59. The number of rotatable bonds is 5. The van der Waals surface area contributed by atoms with Crippen LogP contribution in [0.1, 0.15) is 19.4 Å². The molecule has 0 bridgehead atoms. The molecule has 0 saturated heterocycles. The maximum atomic E-state index is 10.6. The largest absolute Gasteiger partial charge is 0.497 e. The number of methoxy groups -OCH3 is 2. The zero-order chi connectivity index (χ0) is 13.1. The van der Waals surface area contributed by atoms with E-state index < -0.39 is 5.60 Å². The number of likely N-dealkylation sites (N-methyl/N-ethyl adjacent to an activating group) is 1. The molecule has 1 aromatic rings. The lowest BCUT2D eigenvalue weighted by Gasteiger charge is -2.32. The summed E-state index contributed by atoms with van der Waals surface area (Å²) in [4.78, 5) is 0.